The highest BCUT2D eigenvalue weighted by molar-refractivity contribution is 7.99. The zero-order chi connectivity index (χ0) is 13.4. The highest BCUT2D eigenvalue weighted by Gasteiger charge is 2.21. The molecule has 0 fully saturated rings. The first-order chi connectivity index (χ1) is 9.17. The molecule has 0 aliphatic carbocycles. The van der Waals surface area contributed by atoms with Gasteiger partial charge in [0.25, 0.3) is 0 Å². The van der Waals surface area contributed by atoms with Gasteiger partial charge in [-0.3, -0.25) is 4.79 Å². The van der Waals surface area contributed by atoms with Crippen LogP contribution in [-0.4, -0.2) is 12.9 Å². The number of rotatable bonds is 1. The quantitative estimate of drug-likeness (QED) is 0.792. The molecule has 0 N–H and O–H groups in total. The fraction of sp³-hybridized carbons (Fsp3) is 0.133. The van der Waals surface area contributed by atoms with Gasteiger partial charge in [-0.15, -0.1) is 0 Å². The summed E-state index contributed by atoms with van der Waals surface area (Å²) in [5, 5.41) is 0. The van der Waals surface area contributed by atoms with Gasteiger partial charge in [-0.1, -0.05) is 17.8 Å². The SMILES string of the molecule is COc1ccc2c(c1)C(=O)Cc1ccc(F)cc1S2. The van der Waals surface area contributed by atoms with E-state index < -0.39 is 0 Å². The average Bonchev–Trinajstić information content (AvgIpc) is 2.54. The van der Waals surface area contributed by atoms with Crippen LogP contribution in [0.3, 0.4) is 0 Å². The van der Waals surface area contributed by atoms with E-state index in [-0.39, 0.29) is 11.6 Å². The monoisotopic (exact) mass is 274 g/mol. The van der Waals surface area contributed by atoms with Crippen LogP contribution < -0.4 is 4.74 Å². The molecule has 0 saturated carbocycles. The van der Waals surface area contributed by atoms with Crippen LogP contribution in [0.15, 0.2) is 46.2 Å². The number of Topliss-reactive ketones (excluding diaryl/α,β-unsaturated/α-hetero) is 1. The van der Waals surface area contributed by atoms with Crippen molar-refractivity contribution in [3.63, 3.8) is 0 Å². The van der Waals surface area contributed by atoms with Crippen molar-refractivity contribution in [2.45, 2.75) is 16.2 Å². The van der Waals surface area contributed by atoms with E-state index in [4.69, 9.17) is 4.74 Å². The number of methoxy groups -OCH3 is 1. The zero-order valence-electron chi connectivity index (χ0n) is 10.3. The number of hydrogen-bond donors (Lipinski definition) is 0. The Hall–Kier alpha value is -1.81. The molecule has 0 radical (unpaired) electrons. The van der Waals surface area contributed by atoms with Crippen molar-refractivity contribution in [3.05, 3.63) is 53.3 Å². The molecule has 2 aromatic carbocycles. The molecule has 96 valence electrons. The first-order valence-corrected chi connectivity index (χ1v) is 6.66. The number of ketones is 1. The highest BCUT2D eigenvalue weighted by atomic mass is 32.2. The molecule has 0 unspecified atom stereocenters. The summed E-state index contributed by atoms with van der Waals surface area (Å²) in [7, 11) is 1.57. The lowest BCUT2D eigenvalue weighted by Gasteiger charge is -2.06. The third-order valence-electron chi connectivity index (χ3n) is 3.09. The van der Waals surface area contributed by atoms with Crippen molar-refractivity contribution in [2.75, 3.05) is 7.11 Å². The maximum Gasteiger partial charge on any atom is 0.168 e. The maximum absolute atomic E-state index is 13.3. The Bertz CT molecular complexity index is 667. The van der Waals surface area contributed by atoms with Crippen LogP contribution in [0.25, 0.3) is 0 Å². The first-order valence-electron chi connectivity index (χ1n) is 5.85. The molecule has 0 amide bonds. The highest BCUT2D eigenvalue weighted by Crippen LogP contribution is 2.38. The molecule has 1 aliphatic heterocycles. The van der Waals surface area contributed by atoms with Crippen LogP contribution in [0.2, 0.25) is 0 Å². The summed E-state index contributed by atoms with van der Waals surface area (Å²) in [6, 6.07) is 9.95. The maximum atomic E-state index is 13.3. The van der Waals surface area contributed by atoms with Crippen LogP contribution in [0, 0.1) is 5.82 Å². The molecule has 0 spiro atoms. The van der Waals surface area contributed by atoms with E-state index in [1.165, 1.54) is 23.9 Å². The molecule has 3 rings (SSSR count). The van der Waals surface area contributed by atoms with Gasteiger partial charge in [-0.25, -0.2) is 4.39 Å². The minimum atomic E-state index is -0.282. The number of fused-ring (bicyclic) bond motifs is 2. The third kappa shape index (κ3) is 2.24. The largest absolute Gasteiger partial charge is 0.497 e. The van der Waals surface area contributed by atoms with Gasteiger partial charge in [-0.05, 0) is 35.9 Å². The molecule has 4 heteroatoms. The van der Waals surface area contributed by atoms with Crippen molar-refractivity contribution in [2.24, 2.45) is 0 Å². The van der Waals surface area contributed by atoms with Gasteiger partial charge in [0.05, 0.1) is 7.11 Å². The van der Waals surface area contributed by atoms with E-state index in [9.17, 15) is 9.18 Å². The Labute approximate surface area is 114 Å². The standard InChI is InChI=1S/C15H11FO2S/c1-18-11-4-5-14-12(8-11)13(17)6-9-2-3-10(16)7-15(9)19-14/h2-5,7-8H,6H2,1H3. The van der Waals surface area contributed by atoms with Crippen LogP contribution in [0.4, 0.5) is 4.39 Å². The molecule has 0 aromatic heterocycles. The second kappa shape index (κ2) is 4.70. The minimum absolute atomic E-state index is 0.0340. The number of benzene rings is 2. The summed E-state index contributed by atoms with van der Waals surface area (Å²) < 4.78 is 18.4. The summed E-state index contributed by atoms with van der Waals surface area (Å²) in [5.41, 5.74) is 1.51. The Morgan fingerprint density at radius 1 is 1.16 bits per heavy atom. The summed E-state index contributed by atoms with van der Waals surface area (Å²) in [4.78, 5) is 13.9. The Morgan fingerprint density at radius 2 is 2.00 bits per heavy atom. The Balaban J connectivity index is 2.13. The zero-order valence-corrected chi connectivity index (χ0v) is 11.1. The van der Waals surface area contributed by atoms with Gasteiger partial charge in [0.1, 0.15) is 11.6 Å². The smallest absolute Gasteiger partial charge is 0.168 e. The van der Waals surface area contributed by atoms with Gasteiger partial charge in [-0.2, -0.15) is 0 Å². The molecule has 19 heavy (non-hydrogen) atoms. The molecule has 2 aromatic rings. The van der Waals surface area contributed by atoms with Crippen LogP contribution in [-0.2, 0) is 6.42 Å². The summed E-state index contributed by atoms with van der Waals surface area (Å²) in [6.07, 6.45) is 0.294. The number of hydrogen-bond acceptors (Lipinski definition) is 3. The predicted molar refractivity (Wildman–Crippen MR) is 71.6 cm³/mol. The van der Waals surface area contributed by atoms with E-state index >= 15 is 0 Å². The molecule has 0 saturated heterocycles. The molecular weight excluding hydrogens is 263 g/mol. The number of carbonyl (C=O) groups excluding carboxylic acids is 1. The fourth-order valence-electron chi connectivity index (χ4n) is 2.10. The fourth-order valence-corrected chi connectivity index (χ4v) is 3.20. The van der Waals surface area contributed by atoms with E-state index in [1.54, 1.807) is 19.2 Å². The second-order valence-electron chi connectivity index (χ2n) is 4.32. The van der Waals surface area contributed by atoms with Gasteiger partial charge in [0.15, 0.2) is 5.78 Å². The van der Waals surface area contributed by atoms with Gasteiger partial charge in [0, 0.05) is 21.8 Å². The number of carbonyl (C=O) groups is 1. The molecular formula is C15H11FO2S. The van der Waals surface area contributed by atoms with E-state index in [1.807, 2.05) is 12.1 Å². The minimum Gasteiger partial charge on any atom is -0.497 e. The summed E-state index contributed by atoms with van der Waals surface area (Å²) in [6.45, 7) is 0. The van der Waals surface area contributed by atoms with Gasteiger partial charge < -0.3 is 4.74 Å². The normalized spacial score (nSPS) is 13.5. The second-order valence-corrected chi connectivity index (χ2v) is 5.40. The average molecular weight is 274 g/mol. The first kappa shape index (κ1) is 12.2. The van der Waals surface area contributed by atoms with Crippen molar-refractivity contribution < 1.29 is 13.9 Å². The predicted octanol–water partition coefficient (Wildman–Crippen LogP) is 3.72. The Kier molecular flexibility index (Phi) is 3.03. The van der Waals surface area contributed by atoms with Crippen LogP contribution in [0.1, 0.15) is 15.9 Å². The van der Waals surface area contributed by atoms with Crippen LogP contribution >= 0.6 is 11.8 Å². The molecule has 1 heterocycles. The molecule has 2 nitrogen and oxygen atoms in total. The van der Waals surface area contributed by atoms with Crippen LogP contribution in [0.5, 0.6) is 5.75 Å². The lowest BCUT2D eigenvalue weighted by Crippen LogP contribution is -2.03. The summed E-state index contributed by atoms with van der Waals surface area (Å²) >= 11 is 1.42. The number of ether oxygens (including phenoxy) is 1. The van der Waals surface area contributed by atoms with Crippen molar-refractivity contribution >= 4 is 17.5 Å². The third-order valence-corrected chi connectivity index (χ3v) is 4.26. The lowest BCUT2D eigenvalue weighted by atomic mass is 10.0. The Morgan fingerprint density at radius 3 is 2.79 bits per heavy atom. The van der Waals surface area contributed by atoms with Crippen molar-refractivity contribution in [1.29, 1.82) is 0 Å². The molecule has 0 bridgehead atoms. The van der Waals surface area contributed by atoms with Crippen molar-refractivity contribution in [3.8, 4) is 5.75 Å². The van der Waals surface area contributed by atoms with E-state index in [0.717, 1.165) is 15.4 Å². The van der Waals surface area contributed by atoms with Gasteiger partial charge in [0.2, 0.25) is 0 Å². The lowest BCUT2D eigenvalue weighted by molar-refractivity contribution is 0.0989. The number of halogens is 1. The van der Waals surface area contributed by atoms with Gasteiger partial charge >= 0.3 is 0 Å². The summed E-state index contributed by atoms with van der Waals surface area (Å²) in [5.74, 6) is 0.409. The topological polar surface area (TPSA) is 26.3 Å². The van der Waals surface area contributed by atoms with E-state index in [2.05, 4.69) is 0 Å². The van der Waals surface area contributed by atoms with E-state index in [0.29, 0.717) is 17.7 Å². The van der Waals surface area contributed by atoms with Crippen molar-refractivity contribution in [1.82, 2.24) is 0 Å². The molecule has 1 aliphatic rings. The molecule has 0 atom stereocenters.